The molecule has 3 aliphatic rings. The number of hydrogen-bond acceptors (Lipinski definition) is 3. The third kappa shape index (κ3) is 2.85. The minimum atomic E-state index is -0.0425. The predicted molar refractivity (Wildman–Crippen MR) is 116 cm³/mol. The standard InChI is InChI=1S/C26H26N2O2/c29-26(27-15-20-7-4-12-30-20)19-10-11-22-21(14-19)23-17-8-9-18(13-17)24(23)25(28-22)16-5-2-1-3-6-16/h1-7,10-12,14,17-18,23-25,28H,8-9,13,15H2,(H,27,29)/t17-,18-,23-,24-,25-/m0/s1. The summed E-state index contributed by atoms with van der Waals surface area (Å²) < 4.78 is 5.33. The minimum Gasteiger partial charge on any atom is -0.467 e. The van der Waals surface area contributed by atoms with Crippen LogP contribution in [-0.4, -0.2) is 5.91 Å². The number of amides is 1. The van der Waals surface area contributed by atoms with Crippen LogP contribution in [0.3, 0.4) is 0 Å². The second-order valence-corrected chi connectivity index (χ2v) is 9.03. The maximum atomic E-state index is 12.8. The quantitative estimate of drug-likeness (QED) is 0.610. The first-order valence-electron chi connectivity index (χ1n) is 11.0. The largest absolute Gasteiger partial charge is 0.467 e. The fourth-order valence-electron chi connectivity index (χ4n) is 6.30. The fraction of sp³-hybridized carbons (Fsp3) is 0.346. The summed E-state index contributed by atoms with van der Waals surface area (Å²) in [5.41, 5.74) is 4.65. The van der Waals surface area contributed by atoms with Gasteiger partial charge in [0, 0.05) is 11.3 Å². The van der Waals surface area contributed by atoms with Gasteiger partial charge in [0.05, 0.1) is 18.8 Å². The molecule has 2 bridgehead atoms. The van der Waals surface area contributed by atoms with Crippen molar-refractivity contribution in [3.05, 3.63) is 89.4 Å². The van der Waals surface area contributed by atoms with E-state index in [0.717, 1.165) is 23.2 Å². The highest BCUT2D eigenvalue weighted by molar-refractivity contribution is 5.95. The molecule has 2 aromatic carbocycles. The van der Waals surface area contributed by atoms with Gasteiger partial charge in [-0.2, -0.15) is 0 Å². The molecule has 1 aliphatic heterocycles. The molecular weight excluding hydrogens is 372 g/mol. The first-order valence-corrected chi connectivity index (χ1v) is 11.0. The summed E-state index contributed by atoms with van der Waals surface area (Å²) >= 11 is 0. The topological polar surface area (TPSA) is 54.3 Å². The van der Waals surface area contributed by atoms with E-state index in [2.05, 4.69) is 53.1 Å². The summed E-state index contributed by atoms with van der Waals surface area (Å²) in [6, 6.07) is 21.1. The number of hydrogen-bond donors (Lipinski definition) is 2. The van der Waals surface area contributed by atoms with Crippen LogP contribution in [0.2, 0.25) is 0 Å². The first kappa shape index (κ1) is 17.8. The second kappa shape index (κ2) is 7.05. The summed E-state index contributed by atoms with van der Waals surface area (Å²) in [5, 5.41) is 6.83. The maximum Gasteiger partial charge on any atom is 0.251 e. The lowest BCUT2D eigenvalue weighted by atomic mass is 9.68. The number of anilines is 1. The Bertz CT molecular complexity index is 1060. The first-order chi connectivity index (χ1) is 14.8. The van der Waals surface area contributed by atoms with E-state index in [0.29, 0.717) is 24.4 Å². The van der Waals surface area contributed by atoms with E-state index in [1.807, 2.05) is 18.2 Å². The summed E-state index contributed by atoms with van der Waals surface area (Å²) in [6.45, 7) is 0.411. The van der Waals surface area contributed by atoms with Gasteiger partial charge in [0.25, 0.3) is 5.91 Å². The number of fused-ring (bicyclic) bond motifs is 7. The molecule has 2 fully saturated rings. The number of carbonyl (C=O) groups excluding carboxylic acids is 1. The Balaban J connectivity index is 1.32. The summed E-state index contributed by atoms with van der Waals surface area (Å²) in [7, 11) is 0. The molecule has 2 saturated carbocycles. The molecule has 0 spiro atoms. The van der Waals surface area contributed by atoms with E-state index in [4.69, 9.17) is 4.42 Å². The fourth-order valence-corrected chi connectivity index (χ4v) is 6.30. The maximum absolute atomic E-state index is 12.8. The van der Waals surface area contributed by atoms with Crippen LogP contribution in [-0.2, 0) is 6.54 Å². The van der Waals surface area contributed by atoms with E-state index < -0.39 is 0 Å². The number of furan rings is 1. The number of nitrogens with one attached hydrogen (secondary N) is 2. The highest BCUT2D eigenvalue weighted by atomic mass is 16.3. The Morgan fingerprint density at radius 2 is 1.90 bits per heavy atom. The average Bonchev–Trinajstić information content (AvgIpc) is 3.55. The van der Waals surface area contributed by atoms with Gasteiger partial charge in [-0.3, -0.25) is 4.79 Å². The van der Waals surface area contributed by atoms with E-state index in [9.17, 15) is 4.79 Å². The van der Waals surface area contributed by atoms with Crippen molar-refractivity contribution in [2.75, 3.05) is 5.32 Å². The highest BCUT2D eigenvalue weighted by Gasteiger charge is 2.53. The molecule has 4 heteroatoms. The van der Waals surface area contributed by atoms with Gasteiger partial charge in [0.2, 0.25) is 0 Å². The average molecular weight is 399 g/mol. The molecule has 6 rings (SSSR count). The summed E-state index contributed by atoms with van der Waals surface area (Å²) in [6.07, 6.45) is 5.62. The van der Waals surface area contributed by atoms with Gasteiger partial charge < -0.3 is 15.1 Å². The zero-order valence-corrected chi connectivity index (χ0v) is 16.9. The molecular formula is C26H26N2O2. The van der Waals surface area contributed by atoms with Crippen LogP contribution in [0, 0.1) is 17.8 Å². The third-order valence-electron chi connectivity index (χ3n) is 7.51. The molecule has 1 aromatic heterocycles. The van der Waals surface area contributed by atoms with Gasteiger partial charge in [0.15, 0.2) is 0 Å². The lowest BCUT2D eigenvalue weighted by molar-refractivity contribution is 0.0947. The highest BCUT2D eigenvalue weighted by Crippen LogP contribution is 2.63. The van der Waals surface area contributed by atoms with Crippen LogP contribution in [0.15, 0.2) is 71.3 Å². The lowest BCUT2D eigenvalue weighted by Gasteiger charge is -2.43. The van der Waals surface area contributed by atoms with Crippen molar-refractivity contribution in [3.63, 3.8) is 0 Å². The van der Waals surface area contributed by atoms with Gasteiger partial charge in [-0.1, -0.05) is 30.3 Å². The van der Waals surface area contributed by atoms with Crippen LogP contribution in [0.1, 0.15) is 58.5 Å². The SMILES string of the molecule is O=C(NCc1ccco1)c1ccc2c(c1)[C@@H]1[C@H]3CC[C@@H](C3)[C@@H]1[C@H](c1ccccc1)N2. The van der Waals surface area contributed by atoms with E-state index in [1.165, 1.54) is 36.1 Å². The molecule has 152 valence electrons. The molecule has 2 N–H and O–H groups in total. The van der Waals surface area contributed by atoms with E-state index in [-0.39, 0.29) is 5.91 Å². The number of rotatable bonds is 4. The van der Waals surface area contributed by atoms with Crippen molar-refractivity contribution in [2.45, 2.75) is 37.8 Å². The van der Waals surface area contributed by atoms with Crippen molar-refractivity contribution in [2.24, 2.45) is 17.8 Å². The smallest absolute Gasteiger partial charge is 0.251 e. The molecule has 2 aliphatic carbocycles. The van der Waals surface area contributed by atoms with Gasteiger partial charge in [0.1, 0.15) is 5.76 Å². The van der Waals surface area contributed by atoms with Crippen molar-refractivity contribution in [3.8, 4) is 0 Å². The Labute approximate surface area is 176 Å². The van der Waals surface area contributed by atoms with Crippen LogP contribution >= 0.6 is 0 Å². The molecule has 30 heavy (non-hydrogen) atoms. The van der Waals surface area contributed by atoms with Crippen molar-refractivity contribution >= 4 is 11.6 Å². The molecule has 0 saturated heterocycles. The van der Waals surface area contributed by atoms with Crippen LogP contribution in [0.25, 0.3) is 0 Å². The van der Waals surface area contributed by atoms with Crippen molar-refractivity contribution in [1.29, 1.82) is 0 Å². The zero-order valence-electron chi connectivity index (χ0n) is 16.9. The monoisotopic (exact) mass is 398 g/mol. The summed E-state index contributed by atoms with van der Waals surface area (Å²) in [5.74, 6) is 3.40. The summed E-state index contributed by atoms with van der Waals surface area (Å²) in [4.78, 5) is 12.8. The van der Waals surface area contributed by atoms with E-state index in [1.54, 1.807) is 6.26 Å². The van der Waals surface area contributed by atoms with Crippen molar-refractivity contribution < 1.29 is 9.21 Å². The molecule has 3 aromatic rings. The molecule has 2 heterocycles. The van der Waals surface area contributed by atoms with Crippen LogP contribution < -0.4 is 10.6 Å². The van der Waals surface area contributed by atoms with Gasteiger partial charge in [-0.05, 0) is 84.4 Å². The Morgan fingerprint density at radius 3 is 2.73 bits per heavy atom. The zero-order chi connectivity index (χ0) is 20.1. The number of benzene rings is 2. The van der Waals surface area contributed by atoms with Gasteiger partial charge in [-0.25, -0.2) is 0 Å². The predicted octanol–water partition coefficient (Wildman–Crippen LogP) is 5.51. The molecule has 1 amide bonds. The van der Waals surface area contributed by atoms with E-state index >= 15 is 0 Å². The normalized spacial score (nSPS) is 28.5. The Morgan fingerprint density at radius 1 is 1.03 bits per heavy atom. The van der Waals surface area contributed by atoms with Crippen LogP contribution in [0.4, 0.5) is 5.69 Å². The molecule has 5 atom stereocenters. The number of carbonyl (C=O) groups is 1. The third-order valence-corrected chi connectivity index (χ3v) is 7.51. The molecule has 0 unspecified atom stereocenters. The van der Waals surface area contributed by atoms with Crippen molar-refractivity contribution in [1.82, 2.24) is 5.32 Å². The molecule has 4 nitrogen and oxygen atoms in total. The second-order valence-electron chi connectivity index (χ2n) is 9.03. The minimum absolute atomic E-state index is 0.0425. The van der Waals surface area contributed by atoms with Crippen LogP contribution in [0.5, 0.6) is 0 Å². The Hall–Kier alpha value is -3.01. The Kier molecular flexibility index (Phi) is 4.19. The lowest BCUT2D eigenvalue weighted by Crippen LogP contribution is -2.35. The molecule has 0 radical (unpaired) electrons. The van der Waals surface area contributed by atoms with Gasteiger partial charge >= 0.3 is 0 Å². The van der Waals surface area contributed by atoms with Gasteiger partial charge in [-0.15, -0.1) is 0 Å².